The molecule has 1 fully saturated rings. The number of rotatable bonds is 6. The summed E-state index contributed by atoms with van der Waals surface area (Å²) >= 11 is 1.28. The maximum Gasteiger partial charge on any atom is 0.333 e. The molecule has 0 saturated carbocycles. The highest BCUT2D eigenvalue weighted by atomic mass is 32.2. The maximum atomic E-state index is 11.6. The van der Waals surface area contributed by atoms with Crippen molar-refractivity contribution in [2.45, 2.75) is 19.8 Å². The number of ether oxygens (including phenoxy) is 1. The predicted molar refractivity (Wildman–Crippen MR) is 74.4 cm³/mol. The Morgan fingerprint density at radius 3 is 2.59 bits per heavy atom. The summed E-state index contributed by atoms with van der Waals surface area (Å²) < 4.78 is 4.91. The summed E-state index contributed by atoms with van der Waals surface area (Å²) in [4.78, 5) is 22.6. The van der Waals surface area contributed by atoms with Gasteiger partial charge in [0.25, 0.3) is 0 Å². The molecule has 3 nitrogen and oxygen atoms in total. The Morgan fingerprint density at radius 1 is 1.35 bits per heavy atom. The average molecular weight is 275 g/mol. The van der Waals surface area contributed by atoms with Gasteiger partial charge in [-0.25, -0.2) is 4.79 Å². The molecule has 0 N–H and O–H groups in total. The highest BCUT2D eigenvalue weighted by Gasteiger charge is 2.26. The molecule has 17 heavy (non-hydrogen) atoms. The van der Waals surface area contributed by atoms with E-state index in [1.807, 2.05) is 0 Å². The Labute approximate surface area is 110 Å². The van der Waals surface area contributed by atoms with E-state index in [2.05, 4.69) is 6.58 Å². The first kappa shape index (κ1) is 14.6. The second kappa shape index (κ2) is 7.82. The van der Waals surface area contributed by atoms with Crippen LogP contribution in [-0.4, -0.2) is 40.7 Å². The topological polar surface area (TPSA) is 43.4 Å². The fourth-order valence-corrected chi connectivity index (χ4v) is 4.76. The van der Waals surface area contributed by atoms with Crippen LogP contribution in [0.4, 0.5) is 0 Å². The highest BCUT2D eigenvalue weighted by Crippen LogP contribution is 2.16. The molecule has 0 aliphatic carbocycles. The number of carbonyl (C=O) groups excluding carboxylic acids is 2. The van der Waals surface area contributed by atoms with E-state index in [0.29, 0.717) is 28.0 Å². The van der Waals surface area contributed by atoms with Crippen LogP contribution in [0.2, 0.25) is 0 Å². The van der Waals surface area contributed by atoms with E-state index in [1.165, 1.54) is 36.1 Å². The second-order valence-electron chi connectivity index (χ2n) is 4.01. The minimum absolute atomic E-state index is 0.238. The predicted octanol–water partition coefficient (Wildman–Crippen LogP) is 1.78. The van der Waals surface area contributed by atoms with E-state index in [-0.39, 0.29) is 17.7 Å². The zero-order valence-electron chi connectivity index (χ0n) is 10.2. The van der Waals surface area contributed by atoms with Gasteiger partial charge in [-0.1, -0.05) is 18.3 Å². The van der Waals surface area contributed by atoms with Crippen LogP contribution in [0.25, 0.3) is 0 Å². The van der Waals surface area contributed by atoms with E-state index in [0.717, 1.165) is 0 Å². The first-order chi connectivity index (χ1) is 8.09. The van der Waals surface area contributed by atoms with Gasteiger partial charge in [0.2, 0.25) is 5.12 Å². The SMILES string of the molecule is C=C(C)C(=O)OCCSC(=O)C[S+]1CCCC1. The molecular formula is C12H19O3S2+. The van der Waals surface area contributed by atoms with Gasteiger partial charge in [0.1, 0.15) is 18.1 Å². The molecule has 1 rings (SSSR count). The fraction of sp³-hybridized carbons (Fsp3) is 0.667. The third-order valence-corrected chi connectivity index (χ3v) is 5.79. The van der Waals surface area contributed by atoms with E-state index in [4.69, 9.17) is 4.74 Å². The number of esters is 1. The maximum absolute atomic E-state index is 11.6. The minimum atomic E-state index is -0.379. The molecule has 0 aromatic carbocycles. The lowest BCUT2D eigenvalue weighted by molar-refractivity contribution is -0.138. The second-order valence-corrected chi connectivity index (χ2v) is 7.49. The van der Waals surface area contributed by atoms with Crippen molar-refractivity contribution in [3.63, 3.8) is 0 Å². The fourth-order valence-electron chi connectivity index (χ4n) is 1.48. The van der Waals surface area contributed by atoms with Gasteiger partial charge in [-0.15, -0.1) is 0 Å². The van der Waals surface area contributed by atoms with Crippen LogP contribution in [0.15, 0.2) is 12.2 Å². The Bertz CT molecular complexity index is 296. The molecule has 1 heterocycles. The summed E-state index contributed by atoms with van der Waals surface area (Å²) in [7, 11) is 0.329. The van der Waals surface area contributed by atoms with E-state index < -0.39 is 0 Å². The van der Waals surface area contributed by atoms with Crippen LogP contribution in [0.5, 0.6) is 0 Å². The van der Waals surface area contributed by atoms with Crippen molar-refractivity contribution in [3.8, 4) is 0 Å². The number of hydrogen-bond donors (Lipinski definition) is 0. The lowest BCUT2D eigenvalue weighted by Crippen LogP contribution is -2.16. The molecule has 0 amide bonds. The Balaban J connectivity index is 2.03. The van der Waals surface area contributed by atoms with E-state index >= 15 is 0 Å². The van der Waals surface area contributed by atoms with Crippen LogP contribution < -0.4 is 0 Å². The summed E-state index contributed by atoms with van der Waals surface area (Å²) in [6.45, 7) is 5.39. The lowest BCUT2D eigenvalue weighted by Gasteiger charge is -2.03. The quantitative estimate of drug-likeness (QED) is 0.321. The smallest absolute Gasteiger partial charge is 0.333 e. The third-order valence-electron chi connectivity index (χ3n) is 2.37. The Morgan fingerprint density at radius 2 is 2.00 bits per heavy atom. The van der Waals surface area contributed by atoms with Crippen LogP contribution in [0.1, 0.15) is 19.8 Å². The zero-order chi connectivity index (χ0) is 12.7. The molecule has 96 valence electrons. The number of carbonyl (C=O) groups is 2. The molecule has 0 spiro atoms. The van der Waals surface area contributed by atoms with Crippen LogP contribution in [0, 0.1) is 0 Å². The first-order valence-electron chi connectivity index (χ1n) is 5.72. The molecule has 5 heteroatoms. The Hall–Kier alpha value is -0.420. The molecule has 0 bridgehead atoms. The number of thioether (sulfide) groups is 1. The van der Waals surface area contributed by atoms with Crippen molar-refractivity contribution in [2.75, 3.05) is 29.6 Å². The van der Waals surface area contributed by atoms with Crippen molar-refractivity contribution >= 4 is 33.7 Å². The van der Waals surface area contributed by atoms with Gasteiger partial charge < -0.3 is 4.74 Å². The highest BCUT2D eigenvalue weighted by molar-refractivity contribution is 8.15. The minimum Gasteiger partial charge on any atom is -0.461 e. The molecule has 0 unspecified atom stereocenters. The largest absolute Gasteiger partial charge is 0.461 e. The van der Waals surface area contributed by atoms with Gasteiger partial charge in [0, 0.05) is 11.3 Å². The Kier molecular flexibility index (Phi) is 6.73. The van der Waals surface area contributed by atoms with Crippen molar-refractivity contribution in [2.24, 2.45) is 0 Å². The summed E-state index contributed by atoms with van der Waals surface area (Å²) in [5.41, 5.74) is 0.397. The van der Waals surface area contributed by atoms with Gasteiger partial charge in [0.05, 0.1) is 0 Å². The van der Waals surface area contributed by atoms with E-state index in [1.54, 1.807) is 6.92 Å². The number of hydrogen-bond acceptors (Lipinski definition) is 4. The molecular weight excluding hydrogens is 256 g/mol. The molecule has 0 aromatic rings. The summed E-state index contributed by atoms with van der Waals surface area (Å²) in [6, 6.07) is 0. The standard InChI is InChI=1S/C12H19O3S2/c1-10(2)12(14)15-5-6-16-11(13)9-17-7-3-4-8-17/h1,3-9H2,2H3/q+1. The van der Waals surface area contributed by atoms with Gasteiger partial charge in [0.15, 0.2) is 5.75 Å². The van der Waals surface area contributed by atoms with Crippen molar-refractivity contribution in [3.05, 3.63) is 12.2 Å². The average Bonchev–Trinajstić information content (AvgIpc) is 2.76. The zero-order valence-corrected chi connectivity index (χ0v) is 11.8. The summed E-state index contributed by atoms with van der Waals surface area (Å²) in [6.07, 6.45) is 2.55. The first-order valence-corrected chi connectivity index (χ1v) is 8.43. The van der Waals surface area contributed by atoms with Gasteiger partial charge in [-0.3, -0.25) is 4.79 Å². The molecule has 1 saturated heterocycles. The van der Waals surface area contributed by atoms with Crippen molar-refractivity contribution in [1.29, 1.82) is 0 Å². The third kappa shape index (κ3) is 6.17. The monoisotopic (exact) mass is 275 g/mol. The summed E-state index contributed by atoms with van der Waals surface area (Å²) in [5.74, 6) is 3.32. The molecule has 0 radical (unpaired) electrons. The van der Waals surface area contributed by atoms with Crippen LogP contribution in [-0.2, 0) is 25.2 Å². The van der Waals surface area contributed by atoms with Gasteiger partial charge in [-0.2, -0.15) is 0 Å². The van der Waals surface area contributed by atoms with E-state index in [9.17, 15) is 9.59 Å². The normalized spacial score (nSPS) is 15.8. The van der Waals surface area contributed by atoms with Crippen LogP contribution >= 0.6 is 11.8 Å². The van der Waals surface area contributed by atoms with Crippen molar-refractivity contribution < 1.29 is 14.3 Å². The molecule has 1 aliphatic heterocycles. The summed E-state index contributed by atoms with van der Waals surface area (Å²) in [5, 5.41) is 0.238. The van der Waals surface area contributed by atoms with Gasteiger partial charge >= 0.3 is 5.97 Å². The lowest BCUT2D eigenvalue weighted by atomic mass is 10.4. The van der Waals surface area contributed by atoms with Crippen molar-refractivity contribution in [1.82, 2.24) is 0 Å². The molecule has 0 aromatic heterocycles. The van der Waals surface area contributed by atoms with Gasteiger partial charge in [-0.05, 0) is 30.7 Å². The van der Waals surface area contributed by atoms with Crippen LogP contribution in [0.3, 0.4) is 0 Å². The molecule has 1 aliphatic rings. The molecule has 0 atom stereocenters.